The topological polar surface area (TPSA) is 71.5 Å². The lowest BCUT2D eigenvalue weighted by molar-refractivity contribution is 1.23. The van der Waals surface area contributed by atoms with Gasteiger partial charge >= 0.3 is 0 Å². The van der Waals surface area contributed by atoms with Crippen LogP contribution in [0.2, 0.25) is 5.02 Å². The molecule has 34 heavy (non-hydrogen) atoms. The van der Waals surface area contributed by atoms with Crippen LogP contribution in [0.25, 0.3) is 54.8 Å². The molecule has 164 valence electrons. The van der Waals surface area contributed by atoms with E-state index in [0.717, 1.165) is 43.6 Å². The molecule has 0 aliphatic carbocycles. The van der Waals surface area contributed by atoms with Crippen molar-refractivity contribution >= 4 is 44.9 Å². The van der Waals surface area contributed by atoms with Crippen molar-refractivity contribution in [2.75, 3.05) is 0 Å². The van der Waals surface area contributed by atoms with E-state index in [1.54, 1.807) is 29.9 Å². The Kier molecular flexibility index (Phi) is 4.98. The Morgan fingerprint density at radius 2 is 1.71 bits per heavy atom. The number of pyridine rings is 4. The molecule has 6 rings (SSSR count). The SMILES string of the molecule is Cc1ccc(-c2nc3[nH]c(=O)c(-c4ccncc4)cc3cc2-c2cc(Cl)c3ncccc3c2)s1. The lowest BCUT2D eigenvalue weighted by Crippen LogP contribution is -2.10. The summed E-state index contributed by atoms with van der Waals surface area (Å²) in [5, 5.41) is 2.37. The van der Waals surface area contributed by atoms with Crippen molar-refractivity contribution in [3.63, 3.8) is 0 Å². The van der Waals surface area contributed by atoms with Crippen LogP contribution in [0, 0.1) is 6.92 Å². The number of aromatic nitrogens is 4. The first-order chi connectivity index (χ1) is 16.6. The Bertz CT molecular complexity index is 1760. The van der Waals surface area contributed by atoms with Crippen molar-refractivity contribution in [1.29, 1.82) is 0 Å². The number of thiophene rings is 1. The maximum absolute atomic E-state index is 12.9. The molecular formula is C27H17ClN4OS. The number of H-pyrrole nitrogens is 1. The van der Waals surface area contributed by atoms with Crippen molar-refractivity contribution < 1.29 is 0 Å². The molecule has 0 radical (unpaired) electrons. The number of hydrogen-bond acceptors (Lipinski definition) is 5. The second-order valence-corrected chi connectivity index (χ2v) is 9.71. The summed E-state index contributed by atoms with van der Waals surface area (Å²) in [5.74, 6) is 0. The van der Waals surface area contributed by atoms with Crippen LogP contribution in [0.5, 0.6) is 0 Å². The predicted molar refractivity (Wildman–Crippen MR) is 139 cm³/mol. The summed E-state index contributed by atoms with van der Waals surface area (Å²) < 4.78 is 0. The van der Waals surface area contributed by atoms with E-state index in [-0.39, 0.29) is 5.56 Å². The Balaban J connectivity index is 1.65. The summed E-state index contributed by atoms with van der Waals surface area (Å²) in [6.45, 7) is 2.07. The Morgan fingerprint density at radius 3 is 2.50 bits per heavy atom. The molecule has 0 spiro atoms. The van der Waals surface area contributed by atoms with E-state index < -0.39 is 0 Å². The third-order valence-electron chi connectivity index (χ3n) is 5.76. The van der Waals surface area contributed by atoms with Gasteiger partial charge < -0.3 is 4.98 Å². The first-order valence-electron chi connectivity index (χ1n) is 10.7. The number of aromatic amines is 1. The van der Waals surface area contributed by atoms with E-state index in [0.29, 0.717) is 16.2 Å². The van der Waals surface area contributed by atoms with Crippen LogP contribution in [-0.2, 0) is 0 Å². The summed E-state index contributed by atoms with van der Waals surface area (Å²) in [6, 6.07) is 19.6. The van der Waals surface area contributed by atoms with Gasteiger partial charge in [0.2, 0.25) is 0 Å². The highest BCUT2D eigenvalue weighted by atomic mass is 35.5. The third kappa shape index (κ3) is 3.57. The highest BCUT2D eigenvalue weighted by Gasteiger charge is 2.17. The zero-order valence-electron chi connectivity index (χ0n) is 18.0. The van der Waals surface area contributed by atoms with Crippen molar-refractivity contribution in [2.24, 2.45) is 0 Å². The van der Waals surface area contributed by atoms with Crippen LogP contribution in [-0.4, -0.2) is 19.9 Å². The molecule has 0 unspecified atom stereocenters. The molecule has 7 heteroatoms. The monoisotopic (exact) mass is 480 g/mol. The van der Waals surface area contributed by atoms with Gasteiger partial charge in [-0.15, -0.1) is 11.3 Å². The lowest BCUT2D eigenvalue weighted by atomic mass is 9.98. The van der Waals surface area contributed by atoms with E-state index in [4.69, 9.17) is 16.6 Å². The van der Waals surface area contributed by atoms with Gasteiger partial charge in [-0.05, 0) is 72.6 Å². The molecule has 0 aliphatic rings. The summed E-state index contributed by atoms with van der Waals surface area (Å²) in [6.07, 6.45) is 5.09. The standard InChI is InChI=1S/C27H17ClN4OS/c1-15-4-5-23(34-15)25-20(18-11-17-3-2-8-30-24(17)22(28)14-18)12-19-13-21(16-6-9-29-10-7-16)27(33)32-26(19)31-25/h2-14H,1H3,(H,31,32,33). The van der Waals surface area contributed by atoms with E-state index in [1.807, 2.05) is 36.4 Å². The van der Waals surface area contributed by atoms with E-state index in [2.05, 4.69) is 46.1 Å². The first-order valence-corrected chi connectivity index (χ1v) is 11.9. The first kappa shape index (κ1) is 20.7. The number of fused-ring (bicyclic) bond motifs is 2. The highest BCUT2D eigenvalue weighted by Crippen LogP contribution is 2.39. The maximum Gasteiger partial charge on any atom is 0.257 e. The van der Waals surface area contributed by atoms with Crippen LogP contribution >= 0.6 is 22.9 Å². The zero-order chi connectivity index (χ0) is 23.2. The number of hydrogen-bond donors (Lipinski definition) is 1. The average molecular weight is 481 g/mol. The summed E-state index contributed by atoms with van der Waals surface area (Å²) in [4.78, 5) is 31.5. The molecule has 5 heterocycles. The normalized spacial score (nSPS) is 11.4. The van der Waals surface area contributed by atoms with Crippen LogP contribution in [0.3, 0.4) is 0 Å². The van der Waals surface area contributed by atoms with Crippen LogP contribution in [0.15, 0.2) is 84.0 Å². The summed E-state index contributed by atoms with van der Waals surface area (Å²) in [5.41, 5.74) is 5.18. The second kappa shape index (κ2) is 8.17. The number of rotatable bonds is 3. The van der Waals surface area contributed by atoms with E-state index in [1.165, 1.54) is 4.88 Å². The van der Waals surface area contributed by atoms with Gasteiger partial charge in [0.05, 0.1) is 21.1 Å². The highest BCUT2D eigenvalue weighted by molar-refractivity contribution is 7.15. The fourth-order valence-corrected chi connectivity index (χ4v) is 5.30. The lowest BCUT2D eigenvalue weighted by Gasteiger charge is -2.12. The minimum atomic E-state index is -0.188. The number of halogens is 1. The van der Waals surface area contributed by atoms with Gasteiger partial charge in [0.25, 0.3) is 5.56 Å². The second-order valence-electron chi connectivity index (χ2n) is 8.01. The van der Waals surface area contributed by atoms with Crippen LogP contribution < -0.4 is 5.56 Å². The fourth-order valence-electron chi connectivity index (χ4n) is 4.15. The van der Waals surface area contributed by atoms with Gasteiger partial charge in [-0.2, -0.15) is 0 Å². The number of aryl methyl sites for hydroxylation is 1. The predicted octanol–water partition coefficient (Wildman–Crippen LogP) is 6.89. The van der Waals surface area contributed by atoms with Gasteiger partial charge in [0.1, 0.15) is 5.65 Å². The van der Waals surface area contributed by atoms with E-state index >= 15 is 0 Å². The van der Waals surface area contributed by atoms with Gasteiger partial charge in [0.15, 0.2) is 0 Å². The van der Waals surface area contributed by atoms with Gasteiger partial charge in [0, 0.05) is 45.4 Å². The molecule has 0 aliphatic heterocycles. The molecule has 0 fully saturated rings. The molecule has 1 N–H and O–H groups in total. The molecule has 6 aromatic rings. The molecule has 0 amide bonds. The number of nitrogens with zero attached hydrogens (tertiary/aromatic N) is 3. The third-order valence-corrected chi connectivity index (χ3v) is 7.06. The fraction of sp³-hybridized carbons (Fsp3) is 0.0370. The van der Waals surface area contributed by atoms with Crippen molar-refractivity contribution in [1.82, 2.24) is 19.9 Å². The number of nitrogens with one attached hydrogen (secondary N) is 1. The quantitative estimate of drug-likeness (QED) is 0.299. The van der Waals surface area contributed by atoms with E-state index in [9.17, 15) is 4.79 Å². The zero-order valence-corrected chi connectivity index (χ0v) is 19.6. The van der Waals surface area contributed by atoms with Crippen LogP contribution in [0.4, 0.5) is 0 Å². The van der Waals surface area contributed by atoms with Gasteiger partial charge in [-0.25, -0.2) is 4.98 Å². The minimum absolute atomic E-state index is 0.188. The summed E-state index contributed by atoms with van der Waals surface area (Å²) >= 11 is 8.29. The molecule has 0 saturated heterocycles. The Hall–Kier alpha value is -3.87. The van der Waals surface area contributed by atoms with Crippen molar-refractivity contribution in [3.05, 3.63) is 99.5 Å². The molecule has 0 atom stereocenters. The Labute approximate surface area is 203 Å². The molecule has 5 aromatic heterocycles. The van der Waals surface area contributed by atoms with Gasteiger partial charge in [-0.1, -0.05) is 17.7 Å². The smallest absolute Gasteiger partial charge is 0.257 e. The minimum Gasteiger partial charge on any atom is -0.306 e. The van der Waals surface area contributed by atoms with Crippen LogP contribution in [0.1, 0.15) is 4.88 Å². The van der Waals surface area contributed by atoms with Gasteiger partial charge in [-0.3, -0.25) is 14.8 Å². The largest absolute Gasteiger partial charge is 0.306 e. The molecular weight excluding hydrogens is 464 g/mol. The van der Waals surface area contributed by atoms with Crippen molar-refractivity contribution in [3.8, 4) is 32.8 Å². The Morgan fingerprint density at radius 1 is 0.882 bits per heavy atom. The maximum atomic E-state index is 12.9. The average Bonchev–Trinajstić information content (AvgIpc) is 3.29. The molecule has 5 nitrogen and oxygen atoms in total. The van der Waals surface area contributed by atoms with Crippen molar-refractivity contribution in [2.45, 2.75) is 6.92 Å². The molecule has 0 saturated carbocycles. The molecule has 0 bridgehead atoms. The summed E-state index contributed by atoms with van der Waals surface area (Å²) in [7, 11) is 0. The number of benzene rings is 1. The molecule has 1 aromatic carbocycles.